The fourth-order valence-corrected chi connectivity index (χ4v) is 1.79. The quantitative estimate of drug-likeness (QED) is 0.832. The highest BCUT2D eigenvalue weighted by atomic mass is 35.5. The molecule has 18 heavy (non-hydrogen) atoms. The summed E-state index contributed by atoms with van der Waals surface area (Å²) in [5.41, 5.74) is 0.479. The molecule has 0 atom stereocenters. The molecule has 0 unspecified atom stereocenters. The van der Waals surface area contributed by atoms with Crippen molar-refractivity contribution in [3.8, 4) is 5.69 Å². The molecule has 0 aliphatic carbocycles. The molecule has 1 aromatic heterocycles. The Morgan fingerprint density at radius 3 is 2.28 bits per heavy atom. The van der Waals surface area contributed by atoms with E-state index in [1.54, 1.807) is 12.1 Å². The standard InChI is InChI=1S/C12H12ClN3O2/c1-15(2)8-3-5-9(6-4-8)16-11(17)7-10(13)14-12(16)18/h3-7H,1-2H3,(H,14,18). The molecule has 0 amide bonds. The van der Waals surface area contributed by atoms with Gasteiger partial charge in [-0.2, -0.15) is 0 Å². The number of hydrogen-bond donors (Lipinski definition) is 1. The molecule has 5 nitrogen and oxygen atoms in total. The second kappa shape index (κ2) is 4.70. The number of H-pyrrole nitrogens is 1. The molecule has 0 fully saturated rings. The molecule has 1 N–H and O–H groups in total. The first-order valence-electron chi connectivity index (χ1n) is 5.28. The van der Waals surface area contributed by atoms with Crippen LogP contribution in [0.25, 0.3) is 5.69 Å². The zero-order valence-corrected chi connectivity index (χ0v) is 10.7. The van der Waals surface area contributed by atoms with Crippen molar-refractivity contribution in [2.75, 3.05) is 19.0 Å². The van der Waals surface area contributed by atoms with Crippen molar-refractivity contribution in [3.63, 3.8) is 0 Å². The summed E-state index contributed by atoms with van der Waals surface area (Å²) in [6.45, 7) is 0. The second-order valence-corrected chi connectivity index (χ2v) is 4.41. The molecule has 1 aromatic carbocycles. The first-order chi connectivity index (χ1) is 8.49. The Labute approximate surface area is 108 Å². The molecule has 0 saturated heterocycles. The lowest BCUT2D eigenvalue weighted by molar-refractivity contribution is 0.875. The maximum atomic E-state index is 11.7. The average Bonchev–Trinajstić information content (AvgIpc) is 2.28. The molecule has 2 rings (SSSR count). The van der Waals surface area contributed by atoms with Crippen molar-refractivity contribution in [1.82, 2.24) is 9.55 Å². The monoisotopic (exact) mass is 265 g/mol. The van der Waals surface area contributed by atoms with Crippen LogP contribution in [0.5, 0.6) is 0 Å². The average molecular weight is 266 g/mol. The Kier molecular flexibility index (Phi) is 3.25. The van der Waals surface area contributed by atoms with Crippen molar-refractivity contribution >= 4 is 17.3 Å². The van der Waals surface area contributed by atoms with Gasteiger partial charge in [-0.05, 0) is 24.3 Å². The number of anilines is 1. The Morgan fingerprint density at radius 1 is 1.17 bits per heavy atom. The molecule has 6 heteroatoms. The van der Waals surface area contributed by atoms with Gasteiger partial charge in [0.25, 0.3) is 5.56 Å². The number of rotatable bonds is 2. The molecule has 0 bridgehead atoms. The summed E-state index contributed by atoms with van der Waals surface area (Å²) in [4.78, 5) is 27.7. The van der Waals surface area contributed by atoms with E-state index in [9.17, 15) is 9.59 Å². The van der Waals surface area contributed by atoms with Crippen molar-refractivity contribution < 1.29 is 0 Å². The molecular formula is C12H12ClN3O2. The van der Waals surface area contributed by atoms with Gasteiger partial charge >= 0.3 is 5.69 Å². The molecule has 0 aliphatic heterocycles. The van der Waals surface area contributed by atoms with Gasteiger partial charge in [0.1, 0.15) is 5.15 Å². The van der Waals surface area contributed by atoms with Crippen LogP contribution in [0.3, 0.4) is 0 Å². The van der Waals surface area contributed by atoms with Gasteiger partial charge in [-0.25, -0.2) is 9.36 Å². The second-order valence-electron chi connectivity index (χ2n) is 4.01. The van der Waals surface area contributed by atoms with Gasteiger partial charge in [0.15, 0.2) is 0 Å². The van der Waals surface area contributed by atoms with Crippen LogP contribution in [0.2, 0.25) is 5.15 Å². The van der Waals surface area contributed by atoms with Crippen LogP contribution in [-0.2, 0) is 0 Å². The van der Waals surface area contributed by atoms with E-state index in [1.165, 1.54) is 6.07 Å². The minimum atomic E-state index is -0.551. The number of nitrogens with zero attached hydrogens (tertiary/aromatic N) is 2. The number of nitrogens with one attached hydrogen (secondary N) is 1. The predicted octanol–water partition coefficient (Wildman–Crippen LogP) is 1.25. The first kappa shape index (κ1) is 12.4. The smallest absolute Gasteiger partial charge is 0.334 e. The van der Waals surface area contributed by atoms with Gasteiger partial charge in [0, 0.05) is 25.8 Å². The Morgan fingerprint density at radius 2 is 1.78 bits per heavy atom. The summed E-state index contributed by atoms with van der Waals surface area (Å²) < 4.78 is 1.03. The van der Waals surface area contributed by atoms with E-state index in [1.807, 2.05) is 31.1 Å². The normalized spacial score (nSPS) is 10.4. The van der Waals surface area contributed by atoms with Gasteiger partial charge in [0.05, 0.1) is 5.69 Å². The Balaban J connectivity index is 2.56. The highest BCUT2D eigenvalue weighted by Crippen LogP contribution is 2.13. The fraction of sp³-hybridized carbons (Fsp3) is 0.167. The number of halogens is 1. The van der Waals surface area contributed by atoms with Gasteiger partial charge in [-0.15, -0.1) is 0 Å². The van der Waals surface area contributed by atoms with Crippen LogP contribution in [0.1, 0.15) is 0 Å². The van der Waals surface area contributed by atoms with Gasteiger partial charge in [-0.1, -0.05) is 11.6 Å². The number of aromatic nitrogens is 2. The minimum absolute atomic E-state index is 0.0335. The van der Waals surface area contributed by atoms with Crippen molar-refractivity contribution in [1.29, 1.82) is 0 Å². The van der Waals surface area contributed by atoms with Gasteiger partial charge in [0.2, 0.25) is 0 Å². The molecule has 94 valence electrons. The number of benzene rings is 1. The highest BCUT2D eigenvalue weighted by molar-refractivity contribution is 6.29. The first-order valence-corrected chi connectivity index (χ1v) is 5.66. The fourth-order valence-electron chi connectivity index (χ4n) is 1.61. The molecular weight excluding hydrogens is 254 g/mol. The SMILES string of the molecule is CN(C)c1ccc(-n2c(=O)cc(Cl)[nH]c2=O)cc1. The minimum Gasteiger partial charge on any atom is -0.378 e. The van der Waals surface area contributed by atoms with Gasteiger partial charge in [-0.3, -0.25) is 9.78 Å². The molecule has 2 aromatic rings. The Bertz CT molecular complexity index is 640. The predicted molar refractivity (Wildman–Crippen MR) is 72.0 cm³/mol. The summed E-state index contributed by atoms with van der Waals surface area (Å²) in [6, 6.07) is 8.24. The van der Waals surface area contributed by atoms with Crippen LogP contribution in [0.4, 0.5) is 5.69 Å². The highest BCUT2D eigenvalue weighted by Gasteiger charge is 2.06. The number of aromatic amines is 1. The largest absolute Gasteiger partial charge is 0.378 e. The van der Waals surface area contributed by atoms with E-state index in [-0.39, 0.29) is 5.15 Å². The van der Waals surface area contributed by atoms with Crippen LogP contribution >= 0.6 is 11.6 Å². The van der Waals surface area contributed by atoms with E-state index in [0.717, 1.165) is 10.3 Å². The summed E-state index contributed by atoms with van der Waals surface area (Å²) in [5.74, 6) is 0. The summed E-state index contributed by atoms with van der Waals surface area (Å²) >= 11 is 5.60. The van der Waals surface area contributed by atoms with Crippen LogP contribution in [0, 0.1) is 0 Å². The summed E-state index contributed by atoms with van der Waals surface area (Å²) in [7, 11) is 3.83. The van der Waals surface area contributed by atoms with E-state index < -0.39 is 11.2 Å². The van der Waals surface area contributed by atoms with Crippen LogP contribution in [0.15, 0.2) is 39.9 Å². The molecule has 0 aliphatic rings. The summed E-state index contributed by atoms with van der Waals surface area (Å²) in [6.07, 6.45) is 0. The Hall–Kier alpha value is -2.01. The molecule has 0 saturated carbocycles. The van der Waals surface area contributed by atoms with Gasteiger partial charge < -0.3 is 4.90 Å². The number of hydrogen-bond acceptors (Lipinski definition) is 3. The summed E-state index contributed by atoms with van der Waals surface area (Å²) in [5, 5.41) is 0.0335. The lowest BCUT2D eigenvalue weighted by Crippen LogP contribution is -2.32. The lowest BCUT2D eigenvalue weighted by Gasteiger charge is -2.12. The van der Waals surface area contributed by atoms with Crippen molar-refractivity contribution in [3.05, 3.63) is 56.3 Å². The third kappa shape index (κ3) is 2.31. The van der Waals surface area contributed by atoms with Crippen LogP contribution < -0.4 is 16.1 Å². The molecule has 0 radical (unpaired) electrons. The lowest BCUT2D eigenvalue weighted by atomic mass is 10.2. The third-order valence-electron chi connectivity index (χ3n) is 2.52. The maximum absolute atomic E-state index is 11.7. The van der Waals surface area contributed by atoms with E-state index >= 15 is 0 Å². The zero-order valence-electron chi connectivity index (χ0n) is 9.98. The van der Waals surface area contributed by atoms with Crippen molar-refractivity contribution in [2.24, 2.45) is 0 Å². The van der Waals surface area contributed by atoms with E-state index in [4.69, 9.17) is 11.6 Å². The van der Waals surface area contributed by atoms with Crippen molar-refractivity contribution in [2.45, 2.75) is 0 Å². The molecule has 0 spiro atoms. The van der Waals surface area contributed by atoms with E-state index in [2.05, 4.69) is 4.98 Å². The zero-order chi connectivity index (χ0) is 13.3. The molecule has 1 heterocycles. The third-order valence-corrected chi connectivity index (χ3v) is 2.73. The van der Waals surface area contributed by atoms with E-state index in [0.29, 0.717) is 5.69 Å². The topological polar surface area (TPSA) is 58.1 Å². The maximum Gasteiger partial charge on any atom is 0.334 e. The van der Waals surface area contributed by atoms with Crippen LogP contribution in [-0.4, -0.2) is 23.6 Å².